The molecule has 6 heteroatoms. The smallest absolute Gasteiger partial charge is 0.341 e. The number of aromatic nitrogens is 1. The van der Waals surface area contributed by atoms with E-state index in [0.29, 0.717) is 5.56 Å². The van der Waals surface area contributed by atoms with Crippen LogP contribution in [0.4, 0.5) is 4.39 Å². The SMILES string of the molecule is COc1c(F)c(C2CC2)cc2c(=O)c(C(=O)O)c[nH]c12. The van der Waals surface area contributed by atoms with E-state index in [1.54, 1.807) is 0 Å². The third kappa shape index (κ3) is 1.76. The van der Waals surface area contributed by atoms with E-state index in [0.717, 1.165) is 19.0 Å². The van der Waals surface area contributed by atoms with Crippen molar-refractivity contribution in [3.8, 4) is 5.75 Å². The lowest BCUT2D eigenvalue weighted by Crippen LogP contribution is -2.16. The van der Waals surface area contributed by atoms with Crippen molar-refractivity contribution in [1.29, 1.82) is 0 Å². The number of aromatic carboxylic acids is 1. The first-order valence-electron chi connectivity index (χ1n) is 6.19. The molecule has 5 nitrogen and oxygen atoms in total. The quantitative estimate of drug-likeness (QED) is 0.901. The topological polar surface area (TPSA) is 79.4 Å². The maximum absolute atomic E-state index is 14.3. The Labute approximate surface area is 113 Å². The Morgan fingerprint density at radius 2 is 2.20 bits per heavy atom. The van der Waals surface area contributed by atoms with Crippen LogP contribution in [0.5, 0.6) is 5.75 Å². The van der Waals surface area contributed by atoms with E-state index >= 15 is 0 Å². The van der Waals surface area contributed by atoms with E-state index in [1.165, 1.54) is 13.2 Å². The lowest BCUT2D eigenvalue weighted by atomic mass is 10.0. The van der Waals surface area contributed by atoms with Crippen LogP contribution in [0.15, 0.2) is 17.1 Å². The molecule has 1 aromatic heterocycles. The second-order valence-corrected chi connectivity index (χ2v) is 4.85. The number of hydrogen-bond donors (Lipinski definition) is 2. The molecule has 104 valence electrons. The maximum atomic E-state index is 14.3. The fourth-order valence-electron chi connectivity index (χ4n) is 2.37. The number of halogens is 1. The number of nitrogens with one attached hydrogen (secondary N) is 1. The number of carboxylic acid groups (broad SMARTS) is 1. The Balaban J connectivity index is 2.40. The molecule has 0 bridgehead atoms. The number of pyridine rings is 1. The van der Waals surface area contributed by atoms with E-state index < -0.39 is 17.2 Å². The van der Waals surface area contributed by atoms with Gasteiger partial charge in [-0.3, -0.25) is 4.79 Å². The summed E-state index contributed by atoms with van der Waals surface area (Å²) in [5.41, 5.74) is -0.397. The van der Waals surface area contributed by atoms with Crippen LogP contribution in [-0.4, -0.2) is 23.2 Å². The molecule has 1 heterocycles. The summed E-state index contributed by atoms with van der Waals surface area (Å²) in [6, 6.07) is 1.44. The van der Waals surface area contributed by atoms with Crippen LogP contribution in [0.25, 0.3) is 10.9 Å². The molecule has 0 radical (unpaired) electrons. The van der Waals surface area contributed by atoms with Crippen molar-refractivity contribution in [1.82, 2.24) is 4.98 Å². The van der Waals surface area contributed by atoms with Crippen LogP contribution in [-0.2, 0) is 0 Å². The van der Waals surface area contributed by atoms with E-state index in [9.17, 15) is 14.0 Å². The molecule has 2 N–H and O–H groups in total. The fourth-order valence-corrected chi connectivity index (χ4v) is 2.37. The largest absolute Gasteiger partial charge is 0.492 e. The summed E-state index contributed by atoms with van der Waals surface area (Å²) in [5.74, 6) is -1.76. The van der Waals surface area contributed by atoms with Crippen LogP contribution in [0.1, 0.15) is 34.7 Å². The molecule has 1 aliphatic carbocycles. The first kappa shape index (κ1) is 12.7. The van der Waals surface area contributed by atoms with Gasteiger partial charge in [-0.2, -0.15) is 0 Å². The molecule has 1 fully saturated rings. The zero-order valence-corrected chi connectivity index (χ0v) is 10.7. The Morgan fingerprint density at radius 1 is 1.50 bits per heavy atom. The van der Waals surface area contributed by atoms with E-state index in [2.05, 4.69) is 4.98 Å². The van der Waals surface area contributed by atoms with Crippen LogP contribution in [0.2, 0.25) is 0 Å². The van der Waals surface area contributed by atoms with Gasteiger partial charge in [-0.15, -0.1) is 0 Å². The Morgan fingerprint density at radius 3 is 2.75 bits per heavy atom. The lowest BCUT2D eigenvalue weighted by Gasteiger charge is -2.11. The maximum Gasteiger partial charge on any atom is 0.341 e. The summed E-state index contributed by atoms with van der Waals surface area (Å²) >= 11 is 0. The summed E-state index contributed by atoms with van der Waals surface area (Å²) in [6.45, 7) is 0. The molecule has 1 aromatic carbocycles. The minimum absolute atomic E-state index is 0.0431. The molecule has 0 unspecified atom stereocenters. The predicted octanol–water partition coefficient (Wildman–Crippen LogP) is 2.25. The van der Waals surface area contributed by atoms with Crippen LogP contribution < -0.4 is 10.2 Å². The molecule has 3 rings (SSSR count). The van der Waals surface area contributed by atoms with Gasteiger partial charge in [0.25, 0.3) is 0 Å². The number of carboxylic acids is 1. The zero-order valence-electron chi connectivity index (χ0n) is 10.7. The van der Waals surface area contributed by atoms with Crippen LogP contribution in [0, 0.1) is 5.82 Å². The second-order valence-electron chi connectivity index (χ2n) is 4.85. The normalized spacial score (nSPS) is 14.5. The number of hydrogen-bond acceptors (Lipinski definition) is 3. The number of ether oxygens (including phenoxy) is 1. The highest BCUT2D eigenvalue weighted by molar-refractivity contribution is 5.94. The highest BCUT2D eigenvalue weighted by Gasteiger charge is 2.30. The molecule has 20 heavy (non-hydrogen) atoms. The minimum atomic E-state index is -1.32. The standard InChI is InChI=1S/C14H12FNO4/c1-20-13-10(15)7(6-2-3-6)4-8-11(13)16-5-9(12(8)17)14(18)19/h4-6H,2-3H2,1H3,(H,16,17)(H,18,19). The van der Waals surface area contributed by atoms with Gasteiger partial charge >= 0.3 is 5.97 Å². The summed E-state index contributed by atoms with van der Waals surface area (Å²) in [7, 11) is 1.32. The number of fused-ring (bicyclic) bond motifs is 1. The molecule has 1 aliphatic rings. The number of H-pyrrole nitrogens is 1. The molecular weight excluding hydrogens is 265 g/mol. The Hall–Kier alpha value is -2.37. The number of methoxy groups -OCH3 is 1. The third-order valence-electron chi connectivity index (χ3n) is 3.55. The van der Waals surface area contributed by atoms with Gasteiger partial charge < -0.3 is 14.8 Å². The summed E-state index contributed by atoms with van der Waals surface area (Å²) < 4.78 is 19.4. The summed E-state index contributed by atoms with van der Waals surface area (Å²) in [4.78, 5) is 25.8. The van der Waals surface area contributed by atoms with Gasteiger partial charge in [0, 0.05) is 6.20 Å². The number of aromatic amines is 1. The number of benzene rings is 1. The zero-order chi connectivity index (χ0) is 14.4. The molecule has 0 spiro atoms. The van der Waals surface area contributed by atoms with Crippen molar-refractivity contribution in [2.24, 2.45) is 0 Å². The summed E-state index contributed by atoms with van der Waals surface area (Å²) in [5, 5.41) is 9.12. The number of carbonyl (C=O) groups is 1. The molecule has 0 atom stereocenters. The van der Waals surface area contributed by atoms with Gasteiger partial charge in [0.15, 0.2) is 11.6 Å². The minimum Gasteiger partial charge on any atom is -0.492 e. The van der Waals surface area contributed by atoms with Crippen molar-refractivity contribution >= 4 is 16.9 Å². The first-order chi connectivity index (χ1) is 9.54. The lowest BCUT2D eigenvalue weighted by molar-refractivity contribution is 0.0695. The molecule has 0 aliphatic heterocycles. The van der Waals surface area contributed by atoms with E-state index in [4.69, 9.17) is 9.84 Å². The monoisotopic (exact) mass is 277 g/mol. The highest BCUT2D eigenvalue weighted by Crippen LogP contribution is 2.44. The van der Waals surface area contributed by atoms with E-state index in [-0.39, 0.29) is 28.1 Å². The summed E-state index contributed by atoms with van der Waals surface area (Å²) in [6.07, 6.45) is 2.79. The van der Waals surface area contributed by atoms with Crippen LogP contribution >= 0.6 is 0 Å². The molecule has 2 aromatic rings. The van der Waals surface area contributed by atoms with Crippen molar-refractivity contribution in [2.75, 3.05) is 7.11 Å². The van der Waals surface area contributed by atoms with Gasteiger partial charge in [-0.1, -0.05) is 0 Å². The van der Waals surface area contributed by atoms with Crippen molar-refractivity contribution in [3.05, 3.63) is 39.4 Å². The highest BCUT2D eigenvalue weighted by atomic mass is 19.1. The van der Waals surface area contributed by atoms with Gasteiger partial charge in [0.05, 0.1) is 18.0 Å². The first-order valence-corrected chi connectivity index (χ1v) is 6.19. The fraction of sp³-hybridized carbons (Fsp3) is 0.286. The third-order valence-corrected chi connectivity index (χ3v) is 3.55. The van der Waals surface area contributed by atoms with Crippen molar-refractivity contribution in [3.63, 3.8) is 0 Å². The van der Waals surface area contributed by atoms with Gasteiger partial charge in [0.1, 0.15) is 5.56 Å². The predicted molar refractivity (Wildman–Crippen MR) is 70.0 cm³/mol. The molecule has 1 saturated carbocycles. The van der Waals surface area contributed by atoms with Gasteiger partial charge in [0.2, 0.25) is 5.43 Å². The Kier molecular flexibility index (Phi) is 2.74. The molecule has 0 amide bonds. The molecule has 0 saturated heterocycles. The molecular formula is C14H12FNO4. The van der Waals surface area contributed by atoms with Crippen LogP contribution in [0.3, 0.4) is 0 Å². The van der Waals surface area contributed by atoms with Gasteiger partial charge in [-0.05, 0) is 30.4 Å². The second kappa shape index (κ2) is 4.33. The van der Waals surface area contributed by atoms with Gasteiger partial charge in [-0.25, -0.2) is 9.18 Å². The average molecular weight is 277 g/mol. The van der Waals surface area contributed by atoms with E-state index in [1.807, 2.05) is 0 Å². The van der Waals surface area contributed by atoms with Crippen molar-refractivity contribution in [2.45, 2.75) is 18.8 Å². The van der Waals surface area contributed by atoms with Crippen molar-refractivity contribution < 1.29 is 19.0 Å². The average Bonchev–Trinajstić information content (AvgIpc) is 3.22. The number of rotatable bonds is 3. The Bertz CT molecular complexity index is 777.